The van der Waals surface area contributed by atoms with Gasteiger partial charge in [0.2, 0.25) is 0 Å². The highest BCUT2D eigenvalue weighted by Gasteiger charge is 2.06. The third-order valence-corrected chi connectivity index (χ3v) is 1.27. The van der Waals surface area contributed by atoms with E-state index in [4.69, 9.17) is 16.0 Å². The van der Waals surface area contributed by atoms with E-state index >= 15 is 0 Å². The van der Waals surface area contributed by atoms with Crippen LogP contribution in [0.15, 0.2) is 16.7 Å². The minimum Gasteiger partial charge on any atom is -0.469 e. The third-order valence-electron chi connectivity index (χ3n) is 1.07. The quantitative estimate of drug-likeness (QED) is 0.564. The summed E-state index contributed by atoms with van der Waals surface area (Å²) in [6, 6.07) is 1.55. The fourth-order valence-corrected chi connectivity index (χ4v) is 0.785. The molecule has 0 saturated carbocycles. The standard InChI is InChI=1S/C6H5ClO2/c1-4-5(6(7)8)2-3-9-4/h2-3H,1H3. The second-order valence-corrected chi connectivity index (χ2v) is 2.01. The Labute approximate surface area is 57.4 Å². The van der Waals surface area contributed by atoms with Gasteiger partial charge in [0.25, 0.3) is 5.24 Å². The van der Waals surface area contributed by atoms with E-state index < -0.39 is 5.24 Å². The molecule has 1 aromatic rings. The molecule has 9 heavy (non-hydrogen) atoms. The number of aryl methyl sites for hydroxylation is 1. The van der Waals surface area contributed by atoms with Crippen molar-refractivity contribution in [3.8, 4) is 0 Å². The summed E-state index contributed by atoms with van der Waals surface area (Å²) in [6.07, 6.45) is 1.44. The van der Waals surface area contributed by atoms with E-state index in [1.807, 2.05) is 0 Å². The van der Waals surface area contributed by atoms with Crippen molar-refractivity contribution in [1.82, 2.24) is 0 Å². The van der Waals surface area contributed by atoms with Crippen LogP contribution in [0.1, 0.15) is 16.1 Å². The molecule has 0 aliphatic rings. The smallest absolute Gasteiger partial charge is 0.255 e. The molecule has 0 N–H and O–H groups in total. The molecule has 0 amide bonds. The van der Waals surface area contributed by atoms with Gasteiger partial charge in [0.1, 0.15) is 5.76 Å². The highest BCUT2D eigenvalue weighted by molar-refractivity contribution is 6.67. The molecule has 1 heterocycles. The van der Waals surface area contributed by atoms with Gasteiger partial charge in [-0.15, -0.1) is 0 Å². The molecule has 0 saturated heterocycles. The molecule has 0 bridgehead atoms. The van der Waals surface area contributed by atoms with Crippen LogP contribution in [-0.2, 0) is 0 Å². The first-order valence-corrected chi connectivity index (χ1v) is 2.83. The SMILES string of the molecule is Cc1occc1C(=O)Cl. The summed E-state index contributed by atoms with van der Waals surface area (Å²) in [5, 5.41) is -0.471. The highest BCUT2D eigenvalue weighted by atomic mass is 35.5. The summed E-state index contributed by atoms with van der Waals surface area (Å²) in [4.78, 5) is 10.4. The van der Waals surface area contributed by atoms with Gasteiger partial charge in [-0.25, -0.2) is 0 Å². The van der Waals surface area contributed by atoms with Crippen LogP contribution >= 0.6 is 11.6 Å². The Kier molecular flexibility index (Phi) is 1.58. The number of hydrogen-bond acceptors (Lipinski definition) is 2. The van der Waals surface area contributed by atoms with Crippen LogP contribution in [0.3, 0.4) is 0 Å². The largest absolute Gasteiger partial charge is 0.469 e. The monoisotopic (exact) mass is 144 g/mol. The van der Waals surface area contributed by atoms with Crippen LogP contribution in [0.25, 0.3) is 0 Å². The molecule has 1 rings (SSSR count). The topological polar surface area (TPSA) is 30.2 Å². The lowest BCUT2D eigenvalue weighted by molar-refractivity contribution is 0.108. The summed E-state index contributed by atoms with van der Waals surface area (Å²) in [7, 11) is 0. The minimum atomic E-state index is -0.471. The van der Waals surface area contributed by atoms with Gasteiger partial charge in [-0.1, -0.05) is 0 Å². The summed E-state index contributed by atoms with van der Waals surface area (Å²) in [5.74, 6) is 0.565. The van der Waals surface area contributed by atoms with Gasteiger partial charge < -0.3 is 4.42 Å². The summed E-state index contributed by atoms with van der Waals surface area (Å²) in [6.45, 7) is 1.69. The van der Waals surface area contributed by atoms with Crippen molar-refractivity contribution >= 4 is 16.8 Å². The predicted octanol–water partition coefficient (Wildman–Crippen LogP) is 1.97. The van der Waals surface area contributed by atoms with Crippen LogP contribution < -0.4 is 0 Å². The number of halogens is 1. The molecular formula is C6H5ClO2. The second-order valence-electron chi connectivity index (χ2n) is 1.66. The Hall–Kier alpha value is -0.760. The molecule has 1 aromatic heterocycles. The van der Waals surface area contributed by atoms with E-state index in [2.05, 4.69) is 0 Å². The van der Waals surface area contributed by atoms with Crippen LogP contribution in [0.2, 0.25) is 0 Å². The van der Waals surface area contributed by atoms with Gasteiger partial charge in [0.05, 0.1) is 11.8 Å². The van der Waals surface area contributed by atoms with Crippen molar-refractivity contribution in [3.05, 3.63) is 23.7 Å². The Balaban J connectivity index is 3.08. The number of furan rings is 1. The zero-order chi connectivity index (χ0) is 6.85. The van der Waals surface area contributed by atoms with Gasteiger partial charge in [0.15, 0.2) is 0 Å². The summed E-state index contributed by atoms with van der Waals surface area (Å²) < 4.78 is 4.82. The van der Waals surface area contributed by atoms with Crippen molar-refractivity contribution < 1.29 is 9.21 Å². The lowest BCUT2D eigenvalue weighted by Gasteiger charge is -1.84. The van der Waals surface area contributed by atoms with Crippen molar-refractivity contribution in [1.29, 1.82) is 0 Å². The molecule has 0 radical (unpaired) electrons. The second kappa shape index (κ2) is 2.23. The van der Waals surface area contributed by atoms with Crippen molar-refractivity contribution in [2.45, 2.75) is 6.92 Å². The number of rotatable bonds is 1. The average molecular weight is 145 g/mol. The fourth-order valence-electron chi connectivity index (χ4n) is 0.589. The van der Waals surface area contributed by atoms with Crippen LogP contribution in [0.4, 0.5) is 0 Å². The predicted molar refractivity (Wildman–Crippen MR) is 33.6 cm³/mol. The van der Waals surface area contributed by atoms with E-state index in [-0.39, 0.29) is 0 Å². The summed E-state index contributed by atoms with van der Waals surface area (Å²) >= 11 is 5.15. The molecule has 3 heteroatoms. The normalized spacial score (nSPS) is 9.56. The fraction of sp³-hybridized carbons (Fsp3) is 0.167. The van der Waals surface area contributed by atoms with Gasteiger partial charge in [-0.3, -0.25) is 4.79 Å². The number of carbonyl (C=O) groups is 1. The van der Waals surface area contributed by atoms with E-state index in [0.29, 0.717) is 11.3 Å². The van der Waals surface area contributed by atoms with E-state index in [9.17, 15) is 4.79 Å². The van der Waals surface area contributed by atoms with Crippen LogP contribution in [0, 0.1) is 6.92 Å². The van der Waals surface area contributed by atoms with Gasteiger partial charge in [-0.2, -0.15) is 0 Å². The molecule has 0 unspecified atom stereocenters. The molecule has 2 nitrogen and oxygen atoms in total. The maximum Gasteiger partial charge on any atom is 0.255 e. The molecule has 0 aromatic carbocycles. The maximum absolute atomic E-state index is 10.4. The van der Waals surface area contributed by atoms with Crippen molar-refractivity contribution in [3.63, 3.8) is 0 Å². The Morgan fingerprint density at radius 1 is 1.78 bits per heavy atom. The van der Waals surface area contributed by atoms with Gasteiger partial charge >= 0.3 is 0 Å². The lowest BCUT2D eigenvalue weighted by atomic mass is 10.3. The van der Waals surface area contributed by atoms with Gasteiger partial charge in [0, 0.05) is 0 Å². The molecule has 0 aliphatic carbocycles. The highest BCUT2D eigenvalue weighted by Crippen LogP contribution is 2.10. The third kappa shape index (κ3) is 1.13. The van der Waals surface area contributed by atoms with E-state index in [1.165, 1.54) is 6.26 Å². The van der Waals surface area contributed by atoms with Crippen molar-refractivity contribution in [2.75, 3.05) is 0 Å². The van der Waals surface area contributed by atoms with E-state index in [1.54, 1.807) is 13.0 Å². The first-order valence-electron chi connectivity index (χ1n) is 2.45. The Morgan fingerprint density at radius 2 is 2.44 bits per heavy atom. The van der Waals surface area contributed by atoms with Crippen LogP contribution in [0.5, 0.6) is 0 Å². The Morgan fingerprint density at radius 3 is 2.67 bits per heavy atom. The maximum atomic E-state index is 10.4. The Bertz CT molecular complexity index is 227. The average Bonchev–Trinajstić information content (AvgIpc) is 2.13. The van der Waals surface area contributed by atoms with Crippen molar-refractivity contribution in [2.24, 2.45) is 0 Å². The molecule has 0 atom stereocenters. The van der Waals surface area contributed by atoms with Gasteiger partial charge in [-0.05, 0) is 24.6 Å². The summed E-state index contributed by atoms with van der Waals surface area (Å²) in [5.41, 5.74) is 0.441. The molecule has 0 aliphatic heterocycles. The van der Waals surface area contributed by atoms with E-state index in [0.717, 1.165) is 0 Å². The number of carbonyl (C=O) groups excluding carboxylic acids is 1. The first-order chi connectivity index (χ1) is 4.22. The van der Waals surface area contributed by atoms with Crippen LogP contribution in [-0.4, -0.2) is 5.24 Å². The zero-order valence-corrected chi connectivity index (χ0v) is 5.61. The molecular weight excluding hydrogens is 140 g/mol. The lowest BCUT2D eigenvalue weighted by Crippen LogP contribution is -1.86. The molecule has 48 valence electrons. The molecule has 0 fully saturated rings. The molecule has 0 spiro atoms. The number of hydrogen-bond donors (Lipinski definition) is 0. The minimum absolute atomic E-state index is 0.441. The zero-order valence-electron chi connectivity index (χ0n) is 4.85. The first kappa shape index (κ1) is 6.36.